The van der Waals surface area contributed by atoms with Gasteiger partial charge in [0, 0.05) is 11.9 Å². The second-order valence-electron chi connectivity index (χ2n) is 5.89. The van der Waals surface area contributed by atoms with Crippen LogP contribution in [0, 0.1) is 13.8 Å². The summed E-state index contributed by atoms with van der Waals surface area (Å²) in [7, 11) is 0. The molecule has 0 aliphatic heterocycles. The highest BCUT2D eigenvalue weighted by atomic mass is 16.1. The van der Waals surface area contributed by atoms with Crippen LogP contribution < -0.4 is 5.32 Å². The zero-order valence-electron chi connectivity index (χ0n) is 12.6. The molecule has 4 heteroatoms. The molecule has 0 spiro atoms. The molecule has 1 saturated carbocycles. The van der Waals surface area contributed by atoms with E-state index in [2.05, 4.69) is 16.5 Å². The summed E-state index contributed by atoms with van der Waals surface area (Å²) >= 11 is 0. The third kappa shape index (κ3) is 2.99. The summed E-state index contributed by atoms with van der Waals surface area (Å²) < 4.78 is 1.95. The summed E-state index contributed by atoms with van der Waals surface area (Å²) in [5.74, 6) is -0.140. The topological polar surface area (TPSA) is 46.9 Å². The molecule has 0 bridgehead atoms. The largest absolute Gasteiger partial charge is 0.320 e. The minimum atomic E-state index is -0.140. The summed E-state index contributed by atoms with van der Waals surface area (Å²) in [5, 5.41) is 7.38. The number of aromatic nitrogens is 2. The molecule has 0 radical (unpaired) electrons. The average molecular weight is 283 g/mol. The molecule has 1 heterocycles. The number of anilines is 1. The molecule has 1 aliphatic carbocycles. The van der Waals surface area contributed by atoms with E-state index in [4.69, 9.17) is 0 Å². The Bertz CT molecular complexity index is 654. The number of carbonyl (C=O) groups excluding carboxylic acids is 1. The lowest BCUT2D eigenvalue weighted by atomic mass is 10.1. The molecule has 1 amide bonds. The number of amides is 1. The van der Waals surface area contributed by atoms with Gasteiger partial charge >= 0.3 is 0 Å². The zero-order chi connectivity index (χ0) is 14.8. The summed E-state index contributed by atoms with van der Waals surface area (Å²) in [5.41, 5.74) is 3.59. The summed E-state index contributed by atoms with van der Waals surface area (Å²) in [4.78, 5) is 12.3. The van der Waals surface area contributed by atoms with Crippen LogP contribution in [0.3, 0.4) is 0 Å². The number of aryl methyl sites for hydroxylation is 2. The quantitative estimate of drug-likeness (QED) is 0.929. The maximum Gasteiger partial charge on any atom is 0.276 e. The Balaban J connectivity index is 1.73. The monoisotopic (exact) mass is 283 g/mol. The van der Waals surface area contributed by atoms with Gasteiger partial charge in [-0.15, -0.1) is 0 Å². The van der Waals surface area contributed by atoms with Crippen LogP contribution in [0.15, 0.2) is 30.5 Å². The zero-order valence-corrected chi connectivity index (χ0v) is 12.6. The van der Waals surface area contributed by atoms with E-state index in [0.717, 1.165) is 11.3 Å². The number of carbonyl (C=O) groups is 1. The van der Waals surface area contributed by atoms with Gasteiger partial charge in [-0.05, 0) is 44.4 Å². The third-order valence-electron chi connectivity index (χ3n) is 4.17. The molecule has 1 aromatic heterocycles. The van der Waals surface area contributed by atoms with E-state index in [1.807, 2.05) is 36.9 Å². The minimum Gasteiger partial charge on any atom is -0.320 e. The molecule has 0 saturated heterocycles. The van der Waals surface area contributed by atoms with Gasteiger partial charge in [-0.2, -0.15) is 5.10 Å². The fourth-order valence-electron chi connectivity index (χ4n) is 2.97. The SMILES string of the molecule is Cc1ccc(NC(=O)c2ccn(C3CCCC3)n2)c(C)c1. The highest BCUT2D eigenvalue weighted by molar-refractivity contribution is 6.03. The molecule has 21 heavy (non-hydrogen) atoms. The molecule has 0 atom stereocenters. The van der Waals surface area contributed by atoms with E-state index >= 15 is 0 Å². The van der Waals surface area contributed by atoms with Crippen molar-refractivity contribution in [2.45, 2.75) is 45.6 Å². The standard InChI is InChI=1S/C17H21N3O/c1-12-7-8-15(13(2)11-12)18-17(21)16-9-10-20(19-16)14-5-3-4-6-14/h7-11,14H,3-6H2,1-2H3,(H,18,21). The van der Waals surface area contributed by atoms with Gasteiger partial charge < -0.3 is 5.32 Å². The van der Waals surface area contributed by atoms with Gasteiger partial charge in [-0.3, -0.25) is 9.48 Å². The maximum atomic E-state index is 12.3. The van der Waals surface area contributed by atoms with Crippen molar-refractivity contribution in [2.24, 2.45) is 0 Å². The number of nitrogens with zero attached hydrogens (tertiary/aromatic N) is 2. The molecule has 0 unspecified atom stereocenters. The van der Waals surface area contributed by atoms with Crippen LogP contribution in [0.5, 0.6) is 0 Å². The van der Waals surface area contributed by atoms with Crippen molar-refractivity contribution >= 4 is 11.6 Å². The van der Waals surface area contributed by atoms with Crippen LogP contribution in [0.4, 0.5) is 5.69 Å². The van der Waals surface area contributed by atoms with E-state index in [0.29, 0.717) is 11.7 Å². The first-order chi connectivity index (χ1) is 10.1. The van der Waals surface area contributed by atoms with Crippen molar-refractivity contribution in [3.8, 4) is 0 Å². The van der Waals surface area contributed by atoms with Crippen molar-refractivity contribution in [3.63, 3.8) is 0 Å². The lowest BCUT2D eigenvalue weighted by Gasteiger charge is -2.09. The molecular weight excluding hydrogens is 262 g/mol. The molecule has 1 fully saturated rings. The number of hydrogen-bond donors (Lipinski definition) is 1. The number of rotatable bonds is 3. The van der Waals surface area contributed by atoms with Gasteiger partial charge in [0.15, 0.2) is 5.69 Å². The van der Waals surface area contributed by atoms with Gasteiger partial charge in [-0.1, -0.05) is 30.5 Å². The predicted octanol–water partition coefficient (Wildman–Crippen LogP) is 3.87. The Kier molecular flexibility index (Phi) is 3.78. The van der Waals surface area contributed by atoms with Crippen molar-refractivity contribution in [3.05, 3.63) is 47.3 Å². The Hall–Kier alpha value is -2.10. The fraction of sp³-hybridized carbons (Fsp3) is 0.412. The van der Waals surface area contributed by atoms with Gasteiger partial charge in [0.2, 0.25) is 0 Å². The normalized spacial score (nSPS) is 15.3. The highest BCUT2D eigenvalue weighted by Gasteiger charge is 2.19. The second-order valence-corrected chi connectivity index (χ2v) is 5.89. The lowest BCUT2D eigenvalue weighted by Crippen LogP contribution is -2.15. The lowest BCUT2D eigenvalue weighted by molar-refractivity contribution is 0.102. The van der Waals surface area contributed by atoms with E-state index in [1.165, 1.54) is 31.2 Å². The van der Waals surface area contributed by atoms with E-state index in [-0.39, 0.29) is 5.91 Å². The average Bonchev–Trinajstić information content (AvgIpc) is 3.10. The first-order valence-corrected chi connectivity index (χ1v) is 7.57. The number of hydrogen-bond acceptors (Lipinski definition) is 2. The van der Waals surface area contributed by atoms with Crippen molar-refractivity contribution < 1.29 is 4.79 Å². The smallest absolute Gasteiger partial charge is 0.276 e. The first-order valence-electron chi connectivity index (χ1n) is 7.57. The van der Waals surface area contributed by atoms with Crippen LogP contribution in [0.1, 0.15) is 53.3 Å². The Morgan fingerprint density at radius 3 is 2.71 bits per heavy atom. The van der Waals surface area contributed by atoms with E-state index in [1.54, 1.807) is 6.07 Å². The predicted molar refractivity (Wildman–Crippen MR) is 83.6 cm³/mol. The Morgan fingerprint density at radius 2 is 2.00 bits per heavy atom. The summed E-state index contributed by atoms with van der Waals surface area (Å²) in [6.45, 7) is 4.04. The van der Waals surface area contributed by atoms with Crippen LogP contribution in [-0.2, 0) is 0 Å². The van der Waals surface area contributed by atoms with Gasteiger partial charge in [0.05, 0.1) is 6.04 Å². The minimum absolute atomic E-state index is 0.140. The van der Waals surface area contributed by atoms with E-state index in [9.17, 15) is 4.79 Å². The number of benzene rings is 1. The summed E-state index contributed by atoms with van der Waals surface area (Å²) in [6, 6.07) is 8.27. The third-order valence-corrected chi connectivity index (χ3v) is 4.17. The van der Waals surface area contributed by atoms with Crippen molar-refractivity contribution in [1.29, 1.82) is 0 Å². The van der Waals surface area contributed by atoms with Crippen LogP contribution >= 0.6 is 0 Å². The first kappa shape index (κ1) is 13.9. The molecule has 1 aliphatic rings. The molecular formula is C17H21N3O. The molecule has 1 N–H and O–H groups in total. The summed E-state index contributed by atoms with van der Waals surface area (Å²) in [6.07, 6.45) is 6.77. The second kappa shape index (κ2) is 5.72. The van der Waals surface area contributed by atoms with Crippen molar-refractivity contribution in [1.82, 2.24) is 9.78 Å². The van der Waals surface area contributed by atoms with Crippen LogP contribution in [0.2, 0.25) is 0 Å². The Morgan fingerprint density at radius 1 is 1.24 bits per heavy atom. The van der Waals surface area contributed by atoms with Gasteiger partial charge in [0.25, 0.3) is 5.91 Å². The van der Waals surface area contributed by atoms with Crippen molar-refractivity contribution in [2.75, 3.05) is 5.32 Å². The maximum absolute atomic E-state index is 12.3. The molecule has 4 nitrogen and oxygen atoms in total. The van der Waals surface area contributed by atoms with Gasteiger partial charge in [-0.25, -0.2) is 0 Å². The molecule has 3 rings (SSSR count). The molecule has 1 aromatic carbocycles. The number of nitrogens with one attached hydrogen (secondary N) is 1. The Labute approximate surface area is 125 Å². The fourth-order valence-corrected chi connectivity index (χ4v) is 2.97. The van der Waals surface area contributed by atoms with Crippen LogP contribution in [0.25, 0.3) is 0 Å². The molecule has 2 aromatic rings. The van der Waals surface area contributed by atoms with E-state index < -0.39 is 0 Å². The van der Waals surface area contributed by atoms with Gasteiger partial charge in [0.1, 0.15) is 0 Å². The van der Waals surface area contributed by atoms with Crippen LogP contribution in [-0.4, -0.2) is 15.7 Å². The molecule has 110 valence electrons. The highest BCUT2D eigenvalue weighted by Crippen LogP contribution is 2.28.